The van der Waals surface area contributed by atoms with E-state index in [0.717, 1.165) is 32.1 Å². The van der Waals surface area contributed by atoms with Crippen molar-refractivity contribution in [2.45, 2.75) is 140 Å². The van der Waals surface area contributed by atoms with Gasteiger partial charge in [-0.15, -0.1) is 0 Å². The van der Waals surface area contributed by atoms with Crippen LogP contribution in [0, 0.1) is 23.2 Å². The first-order valence-corrected chi connectivity index (χ1v) is 21.8. The number of amides is 4. The zero-order valence-electron chi connectivity index (χ0n) is 33.3. The highest BCUT2D eigenvalue weighted by Crippen LogP contribution is 2.47. The van der Waals surface area contributed by atoms with Gasteiger partial charge in [0.05, 0.1) is 29.9 Å². The summed E-state index contributed by atoms with van der Waals surface area (Å²) in [4.78, 5) is 68.0. The van der Waals surface area contributed by atoms with Gasteiger partial charge in [-0.3, -0.25) is 19.1 Å². The number of benzene rings is 1. The van der Waals surface area contributed by atoms with Gasteiger partial charge in [0, 0.05) is 12.0 Å². The molecule has 306 valence electrons. The molecule has 5 aliphatic rings. The first kappa shape index (κ1) is 40.0. The molecule has 3 saturated carbocycles. The molecule has 3 aliphatic carbocycles. The number of hydrogen-bond donors (Lipinski definition) is 3. The van der Waals surface area contributed by atoms with E-state index in [1.807, 2.05) is 46.8 Å². The van der Waals surface area contributed by atoms with E-state index in [1.165, 1.54) is 4.90 Å². The molecule has 2 aliphatic heterocycles. The van der Waals surface area contributed by atoms with E-state index in [-0.39, 0.29) is 30.9 Å². The number of fused-ring (bicyclic) bond motifs is 5. The Balaban J connectivity index is 1.26. The molecule has 4 fully saturated rings. The molecular weight excluding hydrogens is 741 g/mol. The average molecular weight is 797 g/mol. The molecule has 1 aromatic heterocycles. The van der Waals surface area contributed by atoms with Gasteiger partial charge in [-0.1, -0.05) is 53.9 Å². The second kappa shape index (κ2) is 15.3. The maximum absolute atomic E-state index is 14.9. The second-order valence-corrected chi connectivity index (χ2v) is 19.4. The summed E-state index contributed by atoms with van der Waals surface area (Å²) in [6, 6.07) is 3.27. The maximum atomic E-state index is 14.9. The zero-order chi connectivity index (χ0) is 40.2. The number of nitrogens with one attached hydrogen (secondary N) is 3. The third kappa shape index (κ3) is 8.12. The minimum atomic E-state index is -3.88. The van der Waals surface area contributed by atoms with Crippen LogP contribution in [0.2, 0.25) is 0 Å². The third-order valence-corrected chi connectivity index (χ3v) is 14.1. The average Bonchev–Trinajstić information content (AvgIpc) is 4.07. The molecule has 8 atom stereocenters. The van der Waals surface area contributed by atoms with Crippen LogP contribution in [0.15, 0.2) is 18.2 Å². The Labute approximate surface area is 328 Å². The fraction of sp³-hybridized carbons (Fsp3) is 0.700. The fourth-order valence-corrected chi connectivity index (χ4v) is 9.93. The van der Waals surface area contributed by atoms with Crippen molar-refractivity contribution in [2.75, 3.05) is 13.7 Å². The summed E-state index contributed by atoms with van der Waals surface area (Å²) in [5, 5.41) is 5.16. The predicted molar refractivity (Wildman–Crippen MR) is 206 cm³/mol. The Morgan fingerprint density at radius 2 is 1.79 bits per heavy atom. The summed E-state index contributed by atoms with van der Waals surface area (Å²) < 4.78 is 46.0. The molecule has 56 heavy (non-hydrogen) atoms. The molecule has 1 saturated heterocycles. The van der Waals surface area contributed by atoms with Gasteiger partial charge in [-0.05, 0) is 80.8 Å². The number of carbonyl (C=O) groups excluding carboxylic acids is 4. The van der Waals surface area contributed by atoms with E-state index in [9.17, 15) is 27.6 Å². The van der Waals surface area contributed by atoms with Gasteiger partial charge in [0.15, 0.2) is 0 Å². The molecule has 3 heterocycles. The van der Waals surface area contributed by atoms with Crippen molar-refractivity contribution in [3.8, 4) is 11.6 Å². The molecule has 1 aromatic carbocycles. The van der Waals surface area contributed by atoms with Crippen molar-refractivity contribution in [2.24, 2.45) is 23.2 Å². The number of nitrogens with zero attached hydrogens (tertiary/aromatic N) is 3. The van der Waals surface area contributed by atoms with E-state index in [4.69, 9.17) is 24.2 Å². The Bertz CT molecular complexity index is 1980. The molecule has 4 amide bonds. The molecule has 7 rings (SSSR count). The van der Waals surface area contributed by atoms with Crippen LogP contribution < -0.4 is 24.8 Å². The van der Waals surface area contributed by atoms with Crippen LogP contribution in [-0.4, -0.2) is 95.8 Å². The lowest BCUT2D eigenvalue weighted by molar-refractivity contribution is -0.143. The number of methoxy groups -OCH3 is 1. The lowest BCUT2D eigenvalue weighted by atomic mass is 9.85. The fourth-order valence-electron chi connectivity index (χ4n) is 8.57. The summed E-state index contributed by atoms with van der Waals surface area (Å²) in [7, 11) is -2.30. The van der Waals surface area contributed by atoms with Crippen molar-refractivity contribution in [1.29, 1.82) is 0 Å². The number of aromatic nitrogens is 2. The first-order valence-electron chi connectivity index (χ1n) is 20.3. The Morgan fingerprint density at radius 3 is 2.45 bits per heavy atom. The Morgan fingerprint density at radius 1 is 1.02 bits per heavy atom. The summed E-state index contributed by atoms with van der Waals surface area (Å²) in [6.45, 7) is 9.26. The van der Waals surface area contributed by atoms with E-state index < -0.39 is 74.1 Å². The minimum Gasteiger partial charge on any atom is -0.497 e. The SMILES string of the molecule is CC[C@@H]1[C@@H]2CN(C(=O)[C@H](C(C)(C)C)NC(=O)O[C@@H]3CC3CCCCCc3nc4ccc(OC)cc4nc3O2)[C@@H]1C(=O)N[C@]1(C(=O)NS(=O)(=O)C2CC2)C[C@H]1CC. The van der Waals surface area contributed by atoms with Crippen molar-refractivity contribution in [3.63, 3.8) is 0 Å². The highest BCUT2D eigenvalue weighted by Gasteiger charge is 2.63. The summed E-state index contributed by atoms with van der Waals surface area (Å²) in [5.41, 5.74) is -0.310. The van der Waals surface area contributed by atoms with E-state index in [1.54, 1.807) is 13.2 Å². The lowest BCUT2D eigenvalue weighted by Gasteiger charge is -2.36. The van der Waals surface area contributed by atoms with Gasteiger partial charge < -0.3 is 29.7 Å². The summed E-state index contributed by atoms with van der Waals surface area (Å²) >= 11 is 0. The number of ether oxygens (including phenoxy) is 3. The highest BCUT2D eigenvalue weighted by atomic mass is 32.2. The Kier molecular flexibility index (Phi) is 10.9. The number of sulfonamides is 1. The quantitative estimate of drug-likeness (QED) is 0.347. The van der Waals surface area contributed by atoms with Gasteiger partial charge in [0.1, 0.15) is 41.3 Å². The number of aryl methyl sites for hydroxylation is 1. The normalized spacial score (nSPS) is 31.0. The molecule has 15 nitrogen and oxygen atoms in total. The van der Waals surface area contributed by atoms with E-state index in [2.05, 4.69) is 15.4 Å². The van der Waals surface area contributed by atoms with Crippen LogP contribution in [0.5, 0.6) is 11.6 Å². The molecular formula is C40H56N6O9S. The molecule has 3 N–H and O–H groups in total. The van der Waals surface area contributed by atoms with Gasteiger partial charge in [0.25, 0.3) is 5.91 Å². The van der Waals surface area contributed by atoms with E-state index in [0.29, 0.717) is 60.5 Å². The predicted octanol–water partition coefficient (Wildman–Crippen LogP) is 4.16. The molecule has 0 spiro atoms. The minimum absolute atomic E-state index is 0.0207. The number of alkyl carbamates (subject to hydrolysis) is 1. The largest absolute Gasteiger partial charge is 0.497 e. The Hall–Kier alpha value is -4.21. The maximum Gasteiger partial charge on any atom is 0.408 e. The van der Waals surface area contributed by atoms with Crippen molar-refractivity contribution >= 4 is 44.9 Å². The second-order valence-electron chi connectivity index (χ2n) is 17.4. The van der Waals surface area contributed by atoms with Crippen LogP contribution in [-0.2, 0) is 35.6 Å². The van der Waals surface area contributed by atoms with E-state index >= 15 is 0 Å². The van der Waals surface area contributed by atoms with Crippen LogP contribution in [0.25, 0.3) is 11.0 Å². The van der Waals surface area contributed by atoms with Gasteiger partial charge in [0.2, 0.25) is 27.7 Å². The van der Waals surface area contributed by atoms with Crippen LogP contribution in [0.4, 0.5) is 4.79 Å². The smallest absolute Gasteiger partial charge is 0.408 e. The van der Waals surface area contributed by atoms with Crippen LogP contribution >= 0.6 is 0 Å². The van der Waals surface area contributed by atoms with Crippen LogP contribution in [0.1, 0.15) is 105 Å². The molecule has 2 aromatic rings. The summed E-state index contributed by atoms with van der Waals surface area (Å²) in [5.74, 6) is -1.55. The van der Waals surface area contributed by atoms with Gasteiger partial charge in [-0.25, -0.2) is 23.2 Å². The first-order chi connectivity index (χ1) is 26.6. The zero-order valence-corrected chi connectivity index (χ0v) is 34.1. The molecule has 16 heteroatoms. The van der Waals surface area contributed by atoms with Gasteiger partial charge in [-0.2, -0.15) is 0 Å². The molecule has 2 bridgehead atoms. The van der Waals surface area contributed by atoms with Crippen molar-refractivity contribution in [3.05, 3.63) is 23.9 Å². The monoisotopic (exact) mass is 796 g/mol. The third-order valence-electron chi connectivity index (χ3n) is 12.3. The number of rotatable bonds is 8. The standard InChI is InChI=1S/C40H56N6O9S/c1-7-23-20-40(23,37(49)45-56(51,52)25-15-16-25)44-34(47)32-26(8-2)31-21-46(32)36(48)33(39(3,4)5)43-38(50)55-30-18-22(30)12-10-9-11-13-28-35(54-31)42-29-19-24(53-6)14-17-27(29)41-28/h14,17,19,22-23,25-26,30-33H,7-13,15-16,18,20-21H2,1-6H3,(H,43,50)(H,44,47)(H,45,49)/t22?,23-,26-,30-,31+,32+,33-,40-/m1/s1. The summed E-state index contributed by atoms with van der Waals surface area (Å²) in [6.07, 6.45) is 5.53. The number of hydrogen-bond acceptors (Lipinski definition) is 11. The van der Waals surface area contributed by atoms with Crippen molar-refractivity contribution < 1.29 is 41.8 Å². The molecule has 1 unspecified atom stereocenters. The van der Waals surface area contributed by atoms with Crippen LogP contribution in [0.3, 0.4) is 0 Å². The highest BCUT2D eigenvalue weighted by molar-refractivity contribution is 7.91. The van der Waals surface area contributed by atoms with Gasteiger partial charge >= 0.3 is 6.09 Å². The van der Waals surface area contributed by atoms with Crippen molar-refractivity contribution in [1.82, 2.24) is 30.2 Å². The number of carbonyl (C=O) groups is 4. The topological polar surface area (TPSA) is 195 Å². The molecule has 0 radical (unpaired) electrons. The lowest BCUT2D eigenvalue weighted by Crippen LogP contribution is -2.61.